The van der Waals surface area contributed by atoms with Crippen LogP contribution in [-0.2, 0) is 11.2 Å². The van der Waals surface area contributed by atoms with Gasteiger partial charge in [0, 0.05) is 11.6 Å². The number of nitrogens with two attached hydrogens (primary N) is 1. The molecule has 0 fully saturated rings. The Morgan fingerprint density at radius 1 is 1.25 bits per heavy atom. The van der Waals surface area contributed by atoms with Gasteiger partial charge in [-0.3, -0.25) is 0 Å². The number of benzene rings is 1. The molecule has 16 heavy (non-hydrogen) atoms. The lowest BCUT2D eigenvalue weighted by molar-refractivity contribution is 0.0681. The third-order valence-corrected chi connectivity index (χ3v) is 2.17. The van der Waals surface area contributed by atoms with E-state index in [1.165, 1.54) is 18.2 Å². The number of ether oxygens (including phenoxy) is 1. The second-order valence-corrected chi connectivity index (χ2v) is 4.05. The van der Waals surface area contributed by atoms with Crippen LogP contribution in [0.2, 0.25) is 0 Å². The van der Waals surface area contributed by atoms with E-state index in [-0.39, 0.29) is 18.1 Å². The van der Waals surface area contributed by atoms with Crippen LogP contribution in [0.5, 0.6) is 0 Å². The standard InChI is InChI=1S/C12H17F2NO/c1-8(2)16-7-9(15)6-10-11(13)4-3-5-12(10)14/h3-5,8-9H,6-7,15H2,1-2H3. The zero-order valence-corrected chi connectivity index (χ0v) is 9.54. The Labute approximate surface area is 94.4 Å². The van der Waals surface area contributed by atoms with E-state index in [0.29, 0.717) is 6.61 Å². The van der Waals surface area contributed by atoms with Gasteiger partial charge in [0.25, 0.3) is 0 Å². The summed E-state index contributed by atoms with van der Waals surface area (Å²) in [5, 5.41) is 0. The topological polar surface area (TPSA) is 35.2 Å². The van der Waals surface area contributed by atoms with E-state index in [1.807, 2.05) is 13.8 Å². The molecular weight excluding hydrogens is 212 g/mol. The molecule has 1 unspecified atom stereocenters. The molecule has 0 saturated carbocycles. The van der Waals surface area contributed by atoms with Gasteiger partial charge in [0.15, 0.2) is 0 Å². The minimum atomic E-state index is -0.556. The number of hydrogen-bond acceptors (Lipinski definition) is 2. The fourth-order valence-corrected chi connectivity index (χ4v) is 1.36. The van der Waals surface area contributed by atoms with E-state index in [2.05, 4.69) is 0 Å². The van der Waals surface area contributed by atoms with E-state index < -0.39 is 17.7 Å². The lowest BCUT2D eigenvalue weighted by Crippen LogP contribution is -2.30. The fourth-order valence-electron chi connectivity index (χ4n) is 1.36. The van der Waals surface area contributed by atoms with Crippen molar-refractivity contribution in [3.8, 4) is 0 Å². The lowest BCUT2D eigenvalue weighted by atomic mass is 10.1. The highest BCUT2D eigenvalue weighted by atomic mass is 19.1. The SMILES string of the molecule is CC(C)OCC(N)Cc1c(F)cccc1F. The van der Waals surface area contributed by atoms with Crippen molar-refractivity contribution in [1.29, 1.82) is 0 Å². The van der Waals surface area contributed by atoms with Gasteiger partial charge >= 0.3 is 0 Å². The van der Waals surface area contributed by atoms with E-state index >= 15 is 0 Å². The van der Waals surface area contributed by atoms with Gasteiger partial charge < -0.3 is 10.5 Å². The molecule has 0 saturated heterocycles. The van der Waals surface area contributed by atoms with Crippen molar-refractivity contribution >= 4 is 0 Å². The predicted octanol–water partition coefficient (Wildman–Crippen LogP) is 2.26. The van der Waals surface area contributed by atoms with Gasteiger partial charge in [0.05, 0.1) is 12.7 Å². The van der Waals surface area contributed by atoms with Crippen LogP contribution < -0.4 is 5.73 Å². The van der Waals surface area contributed by atoms with Gasteiger partial charge in [0.2, 0.25) is 0 Å². The minimum Gasteiger partial charge on any atom is -0.377 e. The maximum Gasteiger partial charge on any atom is 0.129 e. The van der Waals surface area contributed by atoms with Crippen molar-refractivity contribution in [2.45, 2.75) is 32.4 Å². The molecule has 0 aliphatic rings. The third-order valence-electron chi connectivity index (χ3n) is 2.17. The van der Waals surface area contributed by atoms with Crippen LogP contribution in [0.1, 0.15) is 19.4 Å². The van der Waals surface area contributed by atoms with Gasteiger partial charge in [-0.15, -0.1) is 0 Å². The number of hydrogen-bond donors (Lipinski definition) is 1. The zero-order chi connectivity index (χ0) is 12.1. The average Bonchev–Trinajstić information content (AvgIpc) is 2.21. The lowest BCUT2D eigenvalue weighted by Gasteiger charge is -2.15. The summed E-state index contributed by atoms with van der Waals surface area (Å²) in [5.74, 6) is -1.11. The molecule has 1 atom stereocenters. The Morgan fingerprint density at radius 2 is 1.81 bits per heavy atom. The first kappa shape index (κ1) is 13.1. The maximum absolute atomic E-state index is 13.3. The minimum absolute atomic E-state index is 0.0300. The first-order chi connectivity index (χ1) is 7.50. The van der Waals surface area contributed by atoms with E-state index in [4.69, 9.17) is 10.5 Å². The summed E-state index contributed by atoms with van der Waals surface area (Å²) in [6, 6.07) is 3.40. The molecule has 0 radical (unpaired) electrons. The highest BCUT2D eigenvalue weighted by molar-refractivity contribution is 5.20. The van der Waals surface area contributed by atoms with Crippen LogP contribution in [0.25, 0.3) is 0 Å². The summed E-state index contributed by atoms with van der Waals surface area (Å²) < 4.78 is 31.8. The molecule has 2 nitrogen and oxygen atoms in total. The summed E-state index contributed by atoms with van der Waals surface area (Å²) in [5.41, 5.74) is 5.76. The monoisotopic (exact) mass is 229 g/mol. The number of halogens is 2. The molecular formula is C12H17F2NO. The Kier molecular flexibility index (Phi) is 4.83. The highest BCUT2D eigenvalue weighted by Crippen LogP contribution is 2.13. The highest BCUT2D eigenvalue weighted by Gasteiger charge is 2.13. The molecule has 0 aliphatic carbocycles. The molecule has 1 aromatic carbocycles. The first-order valence-electron chi connectivity index (χ1n) is 5.30. The Morgan fingerprint density at radius 3 is 2.31 bits per heavy atom. The van der Waals surface area contributed by atoms with Crippen LogP contribution >= 0.6 is 0 Å². The second-order valence-electron chi connectivity index (χ2n) is 4.05. The van der Waals surface area contributed by atoms with Crippen molar-refractivity contribution in [1.82, 2.24) is 0 Å². The molecule has 1 aromatic rings. The second kappa shape index (κ2) is 5.92. The van der Waals surface area contributed by atoms with Gasteiger partial charge in [-0.05, 0) is 32.4 Å². The number of rotatable bonds is 5. The molecule has 90 valence electrons. The normalized spacial score (nSPS) is 13.1. The Bertz CT molecular complexity index is 322. The molecule has 0 bridgehead atoms. The van der Waals surface area contributed by atoms with E-state index in [1.54, 1.807) is 0 Å². The molecule has 2 N–H and O–H groups in total. The van der Waals surface area contributed by atoms with E-state index in [9.17, 15) is 8.78 Å². The largest absolute Gasteiger partial charge is 0.377 e. The van der Waals surface area contributed by atoms with E-state index in [0.717, 1.165) is 0 Å². The Hall–Kier alpha value is -1.00. The Balaban J connectivity index is 2.59. The van der Waals surface area contributed by atoms with Crippen molar-refractivity contribution in [3.63, 3.8) is 0 Å². The maximum atomic E-state index is 13.3. The van der Waals surface area contributed by atoms with Crippen LogP contribution in [0.15, 0.2) is 18.2 Å². The fraction of sp³-hybridized carbons (Fsp3) is 0.500. The van der Waals surface area contributed by atoms with Crippen LogP contribution in [0, 0.1) is 11.6 Å². The molecule has 0 amide bonds. The van der Waals surface area contributed by atoms with Crippen LogP contribution in [0.3, 0.4) is 0 Å². The molecule has 0 spiro atoms. The van der Waals surface area contributed by atoms with Crippen molar-refractivity contribution in [2.75, 3.05) is 6.61 Å². The molecule has 0 aromatic heterocycles. The van der Waals surface area contributed by atoms with Crippen LogP contribution in [0.4, 0.5) is 8.78 Å². The summed E-state index contributed by atoms with van der Waals surface area (Å²) >= 11 is 0. The molecule has 0 aliphatic heterocycles. The average molecular weight is 229 g/mol. The van der Waals surface area contributed by atoms with Crippen molar-refractivity contribution in [3.05, 3.63) is 35.4 Å². The van der Waals surface area contributed by atoms with Gasteiger partial charge in [-0.25, -0.2) is 8.78 Å². The smallest absolute Gasteiger partial charge is 0.129 e. The predicted molar refractivity (Wildman–Crippen MR) is 59.1 cm³/mol. The molecule has 4 heteroatoms. The van der Waals surface area contributed by atoms with Gasteiger partial charge in [0.1, 0.15) is 11.6 Å². The molecule has 0 heterocycles. The van der Waals surface area contributed by atoms with Gasteiger partial charge in [-0.2, -0.15) is 0 Å². The van der Waals surface area contributed by atoms with Crippen LogP contribution in [-0.4, -0.2) is 18.8 Å². The third kappa shape index (κ3) is 3.87. The molecule has 1 rings (SSSR count). The van der Waals surface area contributed by atoms with Crippen molar-refractivity contribution < 1.29 is 13.5 Å². The summed E-state index contributed by atoms with van der Waals surface area (Å²) in [4.78, 5) is 0. The van der Waals surface area contributed by atoms with Crippen molar-refractivity contribution in [2.24, 2.45) is 5.73 Å². The first-order valence-corrected chi connectivity index (χ1v) is 5.30. The zero-order valence-electron chi connectivity index (χ0n) is 9.54. The summed E-state index contributed by atoms with van der Waals surface area (Å²) in [6.45, 7) is 4.07. The quantitative estimate of drug-likeness (QED) is 0.840. The van der Waals surface area contributed by atoms with Gasteiger partial charge in [-0.1, -0.05) is 6.07 Å². The summed E-state index contributed by atoms with van der Waals surface area (Å²) in [6.07, 6.45) is 0.210. The summed E-state index contributed by atoms with van der Waals surface area (Å²) in [7, 11) is 0.